The van der Waals surface area contributed by atoms with Crippen LogP contribution in [0.3, 0.4) is 0 Å². The first-order chi connectivity index (χ1) is 12.3. The number of carbonyl (C=O) groups is 1. The van der Waals surface area contributed by atoms with Crippen LogP contribution in [0.1, 0.15) is 0 Å². The second kappa shape index (κ2) is 8.72. The SMILES string of the molecule is CN=C(NCC(=O)N(C)CC(F)(F)F)N1CCN(c2ccccn2)CC1. The van der Waals surface area contributed by atoms with Crippen LogP contribution < -0.4 is 10.2 Å². The van der Waals surface area contributed by atoms with E-state index in [1.54, 1.807) is 13.2 Å². The topological polar surface area (TPSA) is 64.1 Å². The lowest BCUT2D eigenvalue weighted by atomic mass is 10.3. The van der Waals surface area contributed by atoms with Crippen molar-refractivity contribution < 1.29 is 18.0 Å². The Bertz CT molecular complexity index is 614. The van der Waals surface area contributed by atoms with E-state index in [1.807, 2.05) is 23.1 Å². The Kier molecular flexibility index (Phi) is 6.64. The summed E-state index contributed by atoms with van der Waals surface area (Å²) in [6.07, 6.45) is -2.67. The number of guanidine groups is 1. The van der Waals surface area contributed by atoms with Crippen LogP contribution >= 0.6 is 0 Å². The highest BCUT2D eigenvalue weighted by atomic mass is 19.4. The first kappa shape index (κ1) is 19.8. The molecule has 26 heavy (non-hydrogen) atoms. The average molecular weight is 372 g/mol. The summed E-state index contributed by atoms with van der Waals surface area (Å²) < 4.78 is 37.0. The Morgan fingerprint density at radius 1 is 1.31 bits per heavy atom. The van der Waals surface area contributed by atoms with Crippen molar-refractivity contribution in [2.75, 3.05) is 58.3 Å². The quantitative estimate of drug-likeness (QED) is 0.626. The number of rotatable bonds is 4. The number of anilines is 1. The number of alkyl halides is 3. The van der Waals surface area contributed by atoms with Crippen LogP contribution in [0.15, 0.2) is 29.4 Å². The Labute approximate surface area is 150 Å². The van der Waals surface area contributed by atoms with Crippen molar-refractivity contribution in [3.8, 4) is 0 Å². The van der Waals surface area contributed by atoms with Gasteiger partial charge in [0.05, 0.1) is 6.54 Å². The maximum atomic E-state index is 12.3. The minimum Gasteiger partial charge on any atom is -0.353 e. The molecule has 1 fully saturated rings. The summed E-state index contributed by atoms with van der Waals surface area (Å²) in [4.78, 5) is 25.0. The van der Waals surface area contributed by atoms with Crippen LogP contribution in [0, 0.1) is 0 Å². The maximum absolute atomic E-state index is 12.3. The van der Waals surface area contributed by atoms with Gasteiger partial charge in [0.1, 0.15) is 12.4 Å². The molecule has 0 saturated carbocycles. The first-order valence-electron chi connectivity index (χ1n) is 8.22. The van der Waals surface area contributed by atoms with Gasteiger partial charge in [0.15, 0.2) is 5.96 Å². The van der Waals surface area contributed by atoms with Gasteiger partial charge in [0.25, 0.3) is 0 Å². The van der Waals surface area contributed by atoms with Crippen molar-refractivity contribution in [3.05, 3.63) is 24.4 Å². The van der Waals surface area contributed by atoms with E-state index in [4.69, 9.17) is 0 Å². The number of amides is 1. The van der Waals surface area contributed by atoms with Crippen molar-refractivity contribution in [3.63, 3.8) is 0 Å². The Balaban J connectivity index is 1.82. The molecule has 1 aromatic rings. The number of likely N-dealkylation sites (N-methyl/N-ethyl adjacent to an activating group) is 1. The number of hydrogen-bond donors (Lipinski definition) is 1. The van der Waals surface area contributed by atoms with Gasteiger partial charge < -0.3 is 20.0 Å². The van der Waals surface area contributed by atoms with E-state index in [0.29, 0.717) is 23.9 Å². The number of nitrogens with zero attached hydrogens (tertiary/aromatic N) is 5. The zero-order chi connectivity index (χ0) is 19.2. The molecule has 2 rings (SSSR count). The second-order valence-corrected chi connectivity index (χ2v) is 5.93. The molecular formula is C16H23F3N6O. The van der Waals surface area contributed by atoms with Crippen LogP contribution in [-0.4, -0.2) is 86.2 Å². The molecule has 1 aromatic heterocycles. The molecule has 0 aromatic carbocycles. The van der Waals surface area contributed by atoms with Crippen molar-refractivity contribution in [2.24, 2.45) is 4.99 Å². The third-order valence-corrected chi connectivity index (χ3v) is 4.00. The van der Waals surface area contributed by atoms with E-state index in [1.165, 1.54) is 0 Å². The van der Waals surface area contributed by atoms with Gasteiger partial charge in [-0.05, 0) is 12.1 Å². The van der Waals surface area contributed by atoms with E-state index in [-0.39, 0.29) is 6.54 Å². The summed E-state index contributed by atoms with van der Waals surface area (Å²) in [5, 5.41) is 2.84. The summed E-state index contributed by atoms with van der Waals surface area (Å²) in [5.41, 5.74) is 0. The number of aliphatic imine (C=N–C) groups is 1. The molecule has 0 radical (unpaired) electrons. The minimum absolute atomic E-state index is 0.236. The van der Waals surface area contributed by atoms with Crippen LogP contribution in [0.5, 0.6) is 0 Å². The summed E-state index contributed by atoms with van der Waals surface area (Å²) in [5.74, 6) is 0.758. The van der Waals surface area contributed by atoms with E-state index in [9.17, 15) is 18.0 Å². The summed E-state index contributed by atoms with van der Waals surface area (Å²) in [6, 6.07) is 5.73. The molecular weight excluding hydrogens is 349 g/mol. The van der Waals surface area contributed by atoms with E-state index >= 15 is 0 Å². The van der Waals surface area contributed by atoms with Crippen molar-refractivity contribution in [1.29, 1.82) is 0 Å². The molecule has 1 aliphatic rings. The predicted molar refractivity (Wildman–Crippen MR) is 93.1 cm³/mol. The molecule has 0 unspecified atom stereocenters. The van der Waals surface area contributed by atoms with Crippen LogP contribution in [0.2, 0.25) is 0 Å². The summed E-state index contributed by atoms with van der Waals surface area (Å²) in [6.45, 7) is 1.31. The van der Waals surface area contributed by atoms with Gasteiger partial charge in [-0.1, -0.05) is 6.07 Å². The number of hydrogen-bond acceptors (Lipinski definition) is 4. The third-order valence-electron chi connectivity index (χ3n) is 4.00. The van der Waals surface area contributed by atoms with Gasteiger partial charge in [0, 0.05) is 46.5 Å². The minimum atomic E-state index is -4.41. The molecule has 0 bridgehead atoms. The average Bonchev–Trinajstić information content (AvgIpc) is 2.62. The predicted octanol–water partition coefficient (Wildman–Crippen LogP) is 0.800. The van der Waals surface area contributed by atoms with Gasteiger partial charge in [0.2, 0.25) is 5.91 Å². The molecule has 1 saturated heterocycles. The summed E-state index contributed by atoms with van der Waals surface area (Å²) >= 11 is 0. The fourth-order valence-electron chi connectivity index (χ4n) is 2.67. The number of aromatic nitrogens is 1. The van der Waals surface area contributed by atoms with E-state index in [0.717, 1.165) is 26.0 Å². The lowest BCUT2D eigenvalue weighted by molar-refractivity contribution is -0.157. The number of halogens is 3. The highest BCUT2D eigenvalue weighted by Gasteiger charge is 2.31. The van der Waals surface area contributed by atoms with Gasteiger partial charge >= 0.3 is 6.18 Å². The molecule has 10 heteroatoms. The van der Waals surface area contributed by atoms with Gasteiger partial charge in [-0.15, -0.1) is 0 Å². The molecule has 7 nitrogen and oxygen atoms in total. The standard InChI is InChI=1S/C16H23F3N6O/c1-20-15(22-11-14(26)23(2)12-16(17,18)19)25-9-7-24(8-10-25)13-5-3-4-6-21-13/h3-6H,7-12H2,1-2H3,(H,20,22). The number of nitrogens with one attached hydrogen (secondary N) is 1. The molecule has 2 heterocycles. The van der Waals surface area contributed by atoms with Gasteiger partial charge in [-0.25, -0.2) is 4.98 Å². The fourth-order valence-corrected chi connectivity index (χ4v) is 2.67. The zero-order valence-electron chi connectivity index (χ0n) is 14.8. The molecule has 0 spiro atoms. The third kappa shape index (κ3) is 5.78. The van der Waals surface area contributed by atoms with E-state index in [2.05, 4.69) is 20.2 Å². The largest absolute Gasteiger partial charge is 0.406 e. The van der Waals surface area contributed by atoms with Crippen LogP contribution in [0.25, 0.3) is 0 Å². The number of carbonyl (C=O) groups excluding carboxylic acids is 1. The number of pyridine rings is 1. The molecule has 0 atom stereocenters. The highest BCUT2D eigenvalue weighted by molar-refractivity contribution is 5.86. The maximum Gasteiger partial charge on any atom is 0.406 e. The molecule has 0 aliphatic carbocycles. The lowest BCUT2D eigenvalue weighted by Gasteiger charge is -2.37. The van der Waals surface area contributed by atoms with Crippen LogP contribution in [-0.2, 0) is 4.79 Å². The van der Waals surface area contributed by atoms with Gasteiger partial charge in [-0.3, -0.25) is 9.79 Å². The highest BCUT2D eigenvalue weighted by Crippen LogP contribution is 2.15. The first-order valence-corrected chi connectivity index (χ1v) is 8.22. The Hall–Kier alpha value is -2.52. The molecule has 144 valence electrons. The normalized spacial score (nSPS) is 15.8. The van der Waals surface area contributed by atoms with Crippen molar-refractivity contribution >= 4 is 17.7 Å². The second-order valence-electron chi connectivity index (χ2n) is 5.93. The van der Waals surface area contributed by atoms with Gasteiger partial charge in [-0.2, -0.15) is 13.2 Å². The molecule has 1 amide bonds. The van der Waals surface area contributed by atoms with E-state index < -0.39 is 18.6 Å². The monoisotopic (exact) mass is 372 g/mol. The fraction of sp³-hybridized carbons (Fsp3) is 0.562. The van der Waals surface area contributed by atoms with Crippen molar-refractivity contribution in [2.45, 2.75) is 6.18 Å². The molecule has 1 aliphatic heterocycles. The summed E-state index contributed by atoms with van der Waals surface area (Å²) in [7, 11) is 2.71. The number of piperazine rings is 1. The Morgan fingerprint density at radius 2 is 2.00 bits per heavy atom. The van der Waals surface area contributed by atoms with Crippen molar-refractivity contribution in [1.82, 2.24) is 20.1 Å². The van der Waals surface area contributed by atoms with Crippen LogP contribution in [0.4, 0.5) is 19.0 Å². The molecule has 1 N–H and O–H groups in total. The smallest absolute Gasteiger partial charge is 0.353 e. The Morgan fingerprint density at radius 3 is 2.54 bits per heavy atom. The lowest BCUT2D eigenvalue weighted by Crippen LogP contribution is -2.54. The zero-order valence-corrected chi connectivity index (χ0v) is 14.8.